The smallest absolute Gasteiger partial charge is 0.315 e. The molecule has 0 radical (unpaired) electrons. The largest absolute Gasteiger partial charge is 0.424 e. The van der Waals surface area contributed by atoms with E-state index in [0.717, 1.165) is 18.4 Å². The molecular formula is C36H38N12O6. The van der Waals surface area contributed by atoms with Crippen LogP contribution in [-0.4, -0.2) is 53.4 Å². The van der Waals surface area contributed by atoms with Gasteiger partial charge >= 0.3 is 11.9 Å². The quantitative estimate of drug-likeness (QED) is 0.0571. The highest BCUT2D eigenvalue weighted by atomic mass is 16.5. The van der Waals surface area contributed by atoms with Crippen LogP contribution in [0, 0.1) is 11.8 Å². The van der Waals surface area contributed by atoms with E-state index in [-0.39, 0.29) is 87.8 Å². The Balaban J connectivity index is 1.15. The summed E-state index contributed by atoms with van der Waals surface area (Å²) >= 11 is 0. The third kappa shape index (κ3) is 9.41. The van der Waals surface area contributed by atoms with Gasteiger partial charge in [-0.2, -0.15) is 0 Å². The zero-order chi connectivity index (χ0) is 38.4. The van der Waals surface area contributed by atoms with E-state index in [1.54, 1.807) is 68.6 Å². The van der Waals surface area contributed by atoms with Crippen molar-refractivity contribution in [2.75, 3.05) is 35.7 Å². The molecule has 4 aromatic rings. The first kappa shape index (κ1) is 37.1. The number of nitrogens with zero attached hydrogens (tertiary/aromatic N) is 6. The van der Waals surface area contributed by atoms with Crippen LogP contribution >= 0.6 is 0 Å². The van der Waals surface area contributed by atoms with Crippen molar-refractivity contribution in [1.82, 2.24) is 15.3 Å². The maximum Gasteiger partial charge on any atom is 0.315 e. The summed E-state index contributed by atoms with van der Waals surface area (Å²) in [6.07, 6.45) is 2.02. The number of carbonyl (C=O) groups is 4. The first-order valence-corrected chi connectivity index (χ1v) is 17.0. The maximum atomic E-state index is 13.3. The van der Waals surface area contributed by atoms with Gasteiger partial charge in [-0.3, -0.25) is 19.2 Å². The van der Waals surface area contributed by atoms with Crippen LogP contribution < -0.4 is 42.6 Å². The van der Waals surface area contributed by atoms with E-state index in [9.17, 15) is 19.2 Å². The van der Waals surface area contributed by atoms with E-state index in [0.29, 0.717) is 6.42 Å². The average molecular weight is 735 g/mol. The Kier molecular flexibility index (Phi) is 11.2. The SMILES string of the molecule is CNCC(=O)Nc1ccc(/N=N/c2ccccc2OC(=O)C2C[C@H]2c2ccc(OC(=O)C3CC3)c(/N=N/c3ccc(NC(=O)[C@H](C)N)nc3N)c2)c(N)n1. The number of anilines is 4. The molecule has 278 valence electrons. The first-order chi connectivity index (χ1) is 26.0. The van der Waals surface area contributed by atoms with Crippen molar-refractivity contribution in [2.45, 2.75) is 38.1 Å². The molecule has 18 nitrogen and oxygen atoms in total. The Labute approximate surface area is 309 Å². The summed E-state index contributed by atoms with van der Waals surface area (Å²) in [6, 6.07) is 17.2. The summed E-state index contributed by atoms with van der Waals surface area (Å²) in [7, 11) is 1.65. The highest BCUT2D eigenvalue weighted by molar-refractivity contribution is 5.94. The van der Waals surface area contributed by atoms with Crippen molar-refractivity contribution < 1.29 is 28.7 Å². The molecule has 2 aliphatic rings. The molecule has 0 saturated heterocycles. The molecule has 2 aliphatic carbocycles. The molecule has 18 heteroatoms. The van der Waals surface area contributed by atoms with Crippen LogP contribution in [0.3, 0.4) is 0 Å². The Hall–Kier alpha value is -6.66. The van der Waals surface area contributed by atoms with E-state index >= 15 is 0 Å². The lowest BCUT2D eigenvalue weighted by molar-refractivity contribution is -0.136. The molecule has 0 aliphatic heterocycles. The predicted molar refractivity (Wildman–Crippen MR) is 198 cm³/mol. The standard InChI is InChI=1S/C36H38N12O6/c1-18(37)34(50)44-30-14-11-25(33(39)43-30)47-48-26-15-20(9-12-28(26)53-35(51)19-7-8-19)21-16-22(21)36(52)54-27-6-4-3-5-23(27)45-46-24-10-13-29(42-32(24)38)41-31(49)17-40-2/h3-6,9-15,18-19,21-22,40H,7-8,16-17,37H2,1-2H3,(H3,38,41,42,49)(H3,39,43,44,50)/b46-45+,48-47+/t18-,21-,22?/m0/s1. The van der Waals surface area contributed by atoms with Crippen molar-refractivity contribution in [3.63, 3.8) is 0 Å². The third-order valence-electron chi connectivity index (χ3n) is 8.31. The Morgan fingerprint density at radius 2 is 1.37 bits per heavy atom. The second-order valence-corrected chi connectivity index (χ2v) is 12.7. The van der Waals surface area contributed by atoms with Crippen LogP contribution in [0.15, 0.2) is 87.2 Å². The number of rotatable bonds is 14. The van der Waals surface area contributed by atoms with Gasteiger partial charge < -0.3 is 42.6 Å². The summed E-state index contributed by atoms with van der Waals surface area (Å²) in [5, 5.41) is 24.9. The van der Waals surface area contributed by atoms with Crippen molar-refractivity contribution in [2.24, 2.45) is 38.0 Å². The summed E-state index contributed by atoms with van der Waals surface area (Å²) in [6.45, 7) is 1.65. The monoisotopic (exact) mass is 734 g/mol. The molecule has 2 aromatic carbocycles. The number of pyridine rings is 2. The van der Waals surface area contributed by atoms with Crippen LogP contribution in [0.2, 0.25) is 0 Å². The Bertz CT molecular complexity index is 2150. The van der Waals surface area contributed by atoms with Gasteiger partial charge in [-0.1, -0.05) is 18.2 Å². The molecule has 0 bridgehead atoms. The summed E-state index contributed by atoms with van der Waals surface area (Å²) in [5.41, 5.74) is 19.5. The van der Waals surface area contributed by atoms with Gasteiger partial charge in [0, 0.05) is 0 Å². The highest BCUT2D eigenvalue weighted by Crippen LogP contribution is 2.50. The molecule has 2 saturated carbocycles. The number of hydrogen-bond donors (Lipinski definition) is 6. The van der Waals surface area contributed by atoms with Crippen LogP contribution in [-0.2, 0) is 19.2 Å². The normalized spacial score (nSPS) is 16.9. The summed E-state index contributed by atoms with van der Waals surface area (Å²) in [4.78, 5) is 58.0. The lowest BCUT2D eigenvalue weighted by Crippen LogP contribution is -2.32. The minimum atomic E-state index is -0.739. The number of aromatic nitrogens is 2. The second-order valence-electron chi connectivity index (χ2n) is 12.7. The predicted octanol–water partition coefficient (Wildman–Crippen LogP) is 4.94. The number of benzene rings is 2. The molecular weight excluding hydrogens is 696 g/mol. The van der Waals surface area contributed by atoms with Gasteiger partial charge in [-0.05, 0) is 93.2 Å². The van der Waals surface area contributed by atoms with Crippen molar-refractivity contribution in [3.8, 4) is 11.5 Å². The number of hydrogen-bond acceptors (Lipinski definition) is 16. The first-order valence-electron chi connectivity index (χ1n) is 17.0. The lowest BCUT2D eigenvalue weighted by atomic mass is 10.1. The molecule has 2 heterocycles. The second kappa shape index (κ2) is 16.3. The molecule has 2 aromatic heterocycles. The van der Waals surface area contributed by atoms with E-state index < -0.39 is 23.8 Å². The van der Waals surface area contributed by atoms with Gasteiger partial charge in [-0.15, -0.1) is 20.5 Å². The van der Waals surface area contributed by atoms with E-state index in [2.05, 4.69) is 46.4 Å². The summed E-state index contributed by atoms with van der Waals surface area (Å²) < 4.78 is 11.4. The van der Waals surface area contributed by atoms with Crippen LogP contribution in [0.4, 0.5) is 46.0 Å². The number of nitrogens with one attached hydrogen (secondary N) is 3. The van der Waals surface area contributed by atoms with E-state index in [1.807, 2.05) is 0 Å². The van der Waals surface area contributed by atoms with Gasteiger partial charge in [0.25, 0.3) is 0 Å². The van der Waals surface area contributed by atoms with E-state index in [4.69, 9.17) is 26.7 Å². The van der Waals surface area contributed by atoms with Crippen molar-refractivity contribution in [3.05, 3.63) is 72.3 Å². The fourth-order valence-electron chi connectivity index (χ4n) is 5.12. The van der Waals surface area contributed by atoms with Crippen LogP contribution in [0.25, 0.3) is 0 Å². The molecule has 1 unspecified atom stereocenters. The van der Waals surface area contributed by atoms with Crippen LogP contribution in [0.5, 0.6) is 11.5 Å². The highest BCUT2D eigenvalue weighted by Gasteiger charge is 2.46. The number of para-hydroxylation sites is 1. The fraction of sp³-hybridized carbons (Fsp3) is 0.278. The van der Waals surface area contributed by atoms with Gasteiger partial charge in [-0.25, -0.2) is 9.97 Å². The number of amides is 2. The molecule has 3 atom stereocenters. The summed E-state index contributed by atoms with van der Waals surface area (Å²) in [5.74, 6) is -1.44. The number of carbonyl (C=O) groups excluding carboxylic acids is 4. The lowest BCUT2D eigenvalue weighted by Gasteiger charge is -2.10. The minimum absolute atomic E-state index is 0.00233. The third-order valence-corrected chi connectivity index (χ3v) is 8.31. The number of nitrogens with two attached hydrogens (primary N) is 3. The van der Waals surface area contributed by atoms with Crippen molar-refractivity contribution >= 4 is 69.8 Å². The van der Waals surface area contributed by atoms with Crippen LogP contribution in [0.1, 0.15) is 37.7 Å². The molecule has 2 amide bonds. The maximum absolute atomic E-state index is 13.3. The van der Waals surface area contributed by atoms with E-state index in [1.165, 1.54) is 12.1 Å². The fourth-order valence-corrected chi connectivity index (χ4v) is 5.12. The average Bonchev–Trinajstić information content (AvgIpc) is 4.07. The number of nitrogen functional groups attached to an aromatic ring is 2. The molecule has 0 spiro atoms. The van der Waals surface area contributed by atoms with Gasteiger partial charge in [0.05, 0.1) is 24.4 Å². The van der Waals surface area contributed by atoms with Crippen molar-refractivity contribution in [1.29, 1.82) is 0 Å². The molecule has 54 heavy (non-hydrogen) atoms. The van der Waals surface area contributed by atoms with Gasteiger partial charge in [0.15, 0.2) is 23.1 Å². The molecule has 6 rings (SSSR count). The Morgan fingerprint density at radius 1 is 0.778 bits per heavy atom. The van der Waals surface area contributed by atoms with Gasteiger partial charge in [0.1, 0.15) is 34.4 Å². The van der Waals surface area contributed by atoms with Gasteiger partial charge in [0.2, 0.25) is 11.8 Å². The zero-order valence-corrected chi connectivity index (χ0v) is 29.4. The zero-order valence-electron chi connectivity index (χ0n) is 29.4. The minimum Gasteiger partial charge on any atom is -0.424 e. The number of azo groups is 2. The molecule has 2 fully saturated rings. The topological polar surface area (TPSA) is 276 Å². The molecule has 9 N–H and O–H groups in total. The number of ether oxygens (including phenoxy) is 2. The number of esters is 2. The Morgan fingerprint density at radius 3 is 2.00 bits per heavy atom. The number of likely N-dealkylation sites (N-methyl/N-ethyl adjacent to an activating group) is 1.